The SMILES string of the molecule is CC1CC(C)(CN(C)C)CN1c1cc(F)c(S(=O)(=O)Nc2cccc(F)n2)c(F)c1Cl. The molecule has 1 aliphatic rings. The maximum absolute atomic E-state index is 15.1. The van der Waals surface area contributed by atoms with E-state index in [1.54, 1.807) is 4.90 Å². The lowest BCUT2D eigenvalue weighted by Gasteiger charge is -2.29. The number of halogens is 4. The number of nitrogens with one attached hydrogen (secondary N) is 1. The van der Waals surface area contributed by atoms with Gasteiger partial charge in [0.1, 0.15) is 16.7 Å². The molecule has 2 heterocycles. The lowest BCUT2D eigenvalue weighted by Crippen LogP contribution is -2.34. The van der Waals surface area contributed by atoms with Gasteiger partial charge in [0.05, 0.1) is 5.69 Å². The first-order valence-corrected chi connectivity index (χ1v) is 11.4. The number of anilines is 2. The van der Waals surface area contributed by atoms with Gasteiger partial charge in [0.15, 0.2) is 10.7 Å². The molecule has 0 bridgehead atoms. The van der Waals surface area contributed by atoms with Crippen LogP contribution in [0.15, 0.2) is 29.2 Å². The average molecular weight is 477 g/mol. The van der Waals surface area contributed by atoms with Crippen molar-refractivity contribution in [2.45, 2.75) is 31.2 Å². The molecule has 0 saturated carbocycles. The van der Waals surface area contributed by atoms with Crippen molar-refractivity contribution in [1.82, 2.24) is 9.88 Å². The number of hydrogen-bond acceptors (Lipinski definition) is 5. The van der Waals surface area contributed by atoms with Gasteiger partial charge in [-0.05, 0) is 45.0 Å². The lowest BCUT2D eigenvalue weighted by molar-refractivity contribution is 0.238. The Balaban J connectivity index is 1.98. The second-order valence-electron chi connectivity index (χ2n) is 8.52. The highest BCUT2D eigenvalue weighted by atomic mass is 35.5. The summed E-state index contributed by atoms with van der Waals surface area (Å²) < 4.78 is 70.3. The van der Waals surface area contributed by atoms with Crippen LogP contribution in [-0.2, 0) is 10.0 Å². The van der Waals surface area contributed by atoms with Gasteiger partial charge in [0.25, 0.3) is 10.0 Å². The van der Waals surface area contributed by atoms with Crippen LogP contribution in [-0.4, -0.2) is 51.5 Å². The van der Waals surface area contributed by atoms with Crippen molar-refractivity contribution >= 4 is 33.1 Å². The van der Waals surface area contributed by atoms with E-state index in [-0.39, 0.29) is 17.1 Å². The normalized spacial score (nSPS) is 21.7. The zero-order valence-electron chi connectivity index (χ0n) is 17.6. The Morgan fingerprint density at radius 3 is 2.61 bits per heavy atom. The minimum Gasteiger partial charge on any atom is -0.367 e. The van der Waals surface area contributed by atoms with Crippen LogP contribution >= 0.6 is 11.6 Å². The fraction of sp³-hybridized carbons (Fsp3) is 0.450. The number of aromatic nitrogens is 1. The average Bonchev–Trinajstić information content (AvgIpc) is 2.90. The second-order valence-corrected chi connectivity index (χ2v) is 10.5. The van der Waals surface area contributed by atoms with E-state index in [2.05, 4.69) is 11.9 Å². The van der Waals surface area contributed by atoms with Crippen LogP contribution in [0.5, 0.6) is 0 Å². The Morgan fingerprint density at radius 1 is 1.32 bits per heavy atom. The van der Waals surface area contributed by atoms with Gasteiger partial charge >= 0.3 is 0 Å². The molecule has 2 aromatic rings. The highest BCUT2D eigenvalue weighted by Crippen LogP contribution is 2.43. The van der Waals surface area contributed by atoms with Crippen molar-refractivity contribution in [3.63, 3.8) is 0 Å². The fourth-order valence-corrected chi connectivity index (χ4v) is 5.79. The van der Waals surface area contributed by atoms with Gasteiger partial charge in [-0.1, -0.05) is 24.6 Å². The van der Waals surface area contributed by atoms with E-state index in [0.717, 1.165) is 31.2 Å². The predicted molar refractivity (Wildman–Crippen MR) is 114 cm³/mol. The molecule has 1 aromatic carbocycles. The Labute approximate surface area is 185 Å². The van der Waals surface area contributed by atoms with Crippen LogP contribution in [0.2, 0.25) is 5.02 Å². The predicted octanol–water partition coefficient (Wildman–Crippen LogP) is 4.12. The molecule has 0 radical (unpaired) electrons. The van der Waals surface area contributed by atoms with Crippen LogP contribution in [0.4, 0.5) is 24.7 Å². The molecular weight excluding hydrogens is 453 g/mol. The molecule has 0 amide bonds. The van der Waals surface area contributed by atoms with Crippen LogP contribution in [0.25, 0.3) is 0 Å². The summed E-state index contributed by atoms with van der Waals surface area (Å²) in [6, 6.07) is 4.24. The van der Waals surface area contributed by atoms with E-state index >= 15 is 4.39 Å². The maximum atomic E-state index is 15.1. The number of rotatable bonds is 6. The standard InChI is InChI=1S/C20H24ClF3N4O2S/c1-12-9-20(2,10-27(3)4)11-28(12)14-8-13(22)19(18(24)17(14)21)31(29,30)26-16-7-5-6-15(23)25-16/h5-8,12H,9-11H2,1-4H3,(H,25,26). The minimum absolute atomic E-state index is 0.0571. The number of hydrogen-bond donors (Lipinski definition) is 1. The molecule has 3 rings (SSSR count). The van der Waals surface area contributed by atoms with Crippen molar-refractivity contribution in [3.05, 3.63) is 46.9 Å². The zero-order chi connectivity index (χ0) is 23.1. The fourth-order valence-electron chi connectivity index (χ4n) is 4.33. The lowest BCUT2D eigenvalue weighted by atomic mass is 9.88. The first-order chi connectivity index (χ1) is 14.3. The van der Waals surface area contributed by atoms with Gasteiger partial charge in [-0.3, -0.25) is 4.72 Å². The minimum atomic E-state index is -4.75. The molecule has 1 aliphatic heterocycles. The molecular formula is C20H24ClF3N4O2S. The van der Waals surface area contributed by atoms with E-state index in [1.807, 2.05) is 30.6 Å². The molecule has 31 heavy (non-hydrogen) atoms. The summed E-state index contributed by atoms with van der Waals surface area (Å²) >= 11 is 6.19. The summed E-state index contributed by atoms with van der Waals surface area (Å²) in [5.41, 5.74) is -0.0383. The van der Waals surface area contributed by atoms with Crippen molar-refractivity contribution in [2.75, 3.05) is 36.8 Å². The second kappa shape index (κ2) is 8.48. The third kappa shape index (κ3) is 4.91. The van der Waals surface area contributed by atoms with Crippen LogP contribution < -0.4 is 9.62 Å². The number of nitrogens with zero attached hydrogens (tertiary/aromatic N) is 3. The van der Waals surface area contributed by atoms with Gasteiger partial charge < -0.3 is 9.80 Å². The first-order valence-electron chi connectivity index (χ1n) is 9.57. The monoisotopic (exact) mass is 476 g/mol. The van der Waals surface area contributed by atoms with Gasteiger partial charge in [-0.2, -0.15) is 4.39 Å². The number of pyridine rings is 1. The molecule has 11 heteroatoms. The topological polar surface area (TPSA) is 65.5 Å². The van der Waals surface area contributed by atoms with E-state index in [1.165, 1.54) is 6.07 Å². The van der Waals surface area contributed by atoms with Crippen LogP contribution in [0.3, 0.4) is 0 Å². The Hall–Kier alpha value is -2.04. The van der Waals surface area contributed by atoms with E-state index < -0.39 is 43.3 Å². The number of sulfonamides is 1. The van der Waals surface area contributed by atoms with Crippen LogP contribution in [0.1, 0.15) is 20.3 Å². The smallest absolute Gasteiger partial charge is 0.268 e. The van der Waals surface area contributed by atoms with Gasteiger partial charge in [0, 0.05) is 25.2 Å². The number of benzene rings is 1. The maximum Gasteiger partial charge on any atom is 0.268 e. The Bertz CT molecular complexity index is 1100. The highest BCUT2D eigenvalue weighted by molar-refractivity contribution is 7.92. The summed E-state index contributed by atoms with van der Waals surface area (Å²) in [4.78, 5) is 5.94. The molecule has 0 spiro atoms. The van der Waals surface area contributed by atoms with E-state index in [9.17, 15) is 17.2 Å². The van der Waals surface area contributed by atoms with E-state index in [0.29, 0.717) is 6.54 Å². The highest BCUT2D eigenvalue weighted by Gasteiger charge is 2.41. The summed E-state index contributed by atoms with van der Waals surface area (Å²) in [5.74, 6) is -4.06. The van der Waals surface area contributed by atoms with Crippen molar-refractivity contribution < 1.29 is 21.6 Å². The third-order valence-electron chi connectivity index (χ3n) is 5.20. The molecule has 1 fully saturated rings. The molecule has 2 unspecified atom stereocenters. The molecule has 1 N–H and O–H groups in total. The van der Waals surface area contributed by atoms with Gasteiger partial charge in [0.2, 0.25) is 5.95 Å². The molecule has 6 nitrogen and oxygen atoms in total. The van der Waals surface area contributed by atoms with E-state index in [4.69, 9.17) is 11.6 Å². The third-order valence-corrected chi connectivity index (χ3v) is 6.95. The quantitative estimate of drug-likeness (QED) is 0.502. The van der Waals surface area contributed by atoms with Gasteiger partial charge in [-0.25, -0.2) is 22.2 Å². The van der Waals surface area contributed by atoms with Gasteiger partial charge in [-0.15, -0.1) is 0 Å². The van der Waals surface area contributed by atoms with Crippen molar-refractivity contribution in [3.8, 4) is 0 Å². The largest absolute Gasteiger partial charge is 0.367 e. The molecule has 2 atom stereocenters. The Morgan fingerprint density at radius 2 is 2.00 bits per heavy atom. The molecule has 1 saturated heterocycles. The summed E-state index contributed by atoms with van der Waals surface area (Å²) in [6.45, 7) is 5.28. The summed E-state index contributed by atoms with van der Waals surface area (Å²) in [7, 11) is -0.846. The van der Waals surface area contributed by atoms with Crippen molar-refractivity contribution in [2.24, 2.45) is 5.41 Å². The molecule has 0 aliphatic carbocycles. The summed E-state index contributed by atoms with van der Waals surface area (Å²) in [5, 5.41) is -0.491. The van der Waals surface area contributed by atoms with Crippen LogP contribution in [0, 0.1) is 23.0 Å². The Kier molecular flexibility index (Phi) is 6.46. The molecule has 170 valence electrons. The van der Waals surface area contributed by atoms with Crippen molar-refractivity contribution in [1.29, 1.82) is 0 Å². The first kappa shape index (κ1) is 23.6. The zero-order valence-corrected chi connectivity index (χ0v) is 19.2. The molecule has 1 aromatic heterocycles. The summed E-state index contributed by atoms with van der Waals surface area (Å²) in [6.07, 6.45) is 0.775.